The van der Waals surface area contributed by atoms with Gasteiger partial charge < -0.3 is 4.74 Å². The Labute approximate surface area is 143 Å². The third-order valence-electron chi connectivity index (χ3n) is 4.12. The highest BCUT2D eigenvalue weighted by Gasteiger charge is 2.14. The zero-order valence-corrected chi connectivity index (χ0v) is 13.5. The molecule has 0 N–H and O–H groups in total. The van der Waals surface area contributed by atoms with E-state index in [4.69, 9.17) is 4.74 Å². The molecule has 0 aliphatic heterocycles. The number of fused-ring (bicyclic) bond motifs is 2. The van der Waals surface area contributed by atoms with Gasteiger partial charge in [0.2, 0.25) is 0 Å². The first-order valence-corrected chi connectivity index (χ1v) is 7.88. The lowest BCUT2D eigenvalue weighted by Crippen LogP contribution is -2.11. The first kappa shape index (κ1) is 15.3. The average Bonchev–Trinajstić information content (AvgIpc) is 2.61. The van der Waals surface area contributed by atoms with Crippen LogP contribution in [0.4, 0.5) is 4.39 Å². The molecule has 122 valence electrons. The molecular weight excluding hydrogens is 317 g/mol. The van der Waals surface area contributed by atoms with Gasteiger partial charge in [-0.15, -0.1) is 0 Å². The highest BCUT2D eigenvalue weighted by molar-refractivity contribution is 5.96. The van der Waals surface area contributed by atoms with Crippen LogP contribution in [0.25, 0.3) is 21.7 Å². The van der Waals surface area contributed by atoms with Crippen LogP contribution in [0.1, 0.15) is 16.1 Å². The fraction of sp³-hybridized carbons (Fsp3) is 0.0476. The second-order valence-corrected chi connectivity index (χ2v) is 5.86. The quantitative estimate of drug-likeness (QED) is 0.381. The van der Waals surface area contributed by atoms with Crippen molar-refractivity contribution in [2.75, 3.05) is 0 Å². The molecular formula is C21H14FNO2. The van der Waals surface area contributed by atoms with Crippen molar-refractivity contribution in [3.05, 3.63) is 83.8 Å². The zero-order chi connectivity index (χ0) is 17.4. The summed E-state index contributed by atoms with van der Waals surface area (Å²) in [7, 11) is 0. The summed E-state index contributed by atoms with van der Waals surface area (Å²) in [4.78, 5) is 16.9. The molecule has 1 aromatic heterocycles. The molecule has 3 aromatic carbocycles. The van der Waals surface area contributed by atoms with Gasteiger partial charge in [0.05, 0.1) is 16.8 Å². The van der Waals surface area contributed by atoms with Gasteiger partial charge in [0.15, 0.2) is 0 Å². The molecule has 4 rings (SSSR count). The summed E-state index contributed by atoms with van der Waals surface area (Å²) in [5.41, 5.74) is 1.51. The lowest BCUT2D eigenvalue weighted by molar-refractivity contribution is 0.0734. The van der Waals surface area contributed by atoms with E-state index in [1.807, 2.05) is 36.4 Å². The number of esters is 1. The molecule has 1 heterocycles. The van der Waals surface area contributed by atoms with E-state index in [0.29, 0.717) is 27.9 Å². The predicted molar refractivity (Wildman–Crippen MR) is 95.3 cm³/mol. The summed E-state index contributed by atoms with van der Waals surface area (Å²) in [6.07, 6.45) is 0. The monoisotopic (exact) mass is 331 g/mol. The zero-order valence-electron chi connectivity index (χ0n) is 13.5. The Kier molecular flexibility index (Phi) is 3.65. The molecule has 0 saturated heterocycles. The van der Waals surface area contributed by atoms with Gasteiger partial charge in [0.25, 0.3) is 0 Å². The summed E-state index contributed by atoms with van der Waals surface area (Å²) >= 11 is 0. The number of hydrogen-bond acceptors (Lipinski definition) is 3. The minimum atomic E-state index is -0.508. The minimum Gasteiger partial charge on any atom is -0.423 e. The standard InChI is InChI=1S/C21H14FNO2/c1-13-19(12-16-10-17(22)7-9-20(16)23-13)21(24)25-18-8-6-14-4-2-3-5-15(14)11-18/h2-12H,1H3. The van der Waals surface area contributed by atoms with Crippen molar-refractivity contribution in [1.29, 1.82) is 0 Å². The van der Waals surface area contributed by atoms with E-state index in [-0.39, 0.29) is 5.82 Å². The summed E-state index contributed by atoms with van der Waals surface area (Å²) in [5, 5.41) is 2.63. The third kappa shape index (κ3) is 2.94. The van der Waals surface area contributed by atoms with Crippen LogP contribution in [0.2, 0.25) is 0 Å². The van der Waals surface area contributed by atoms with E-state index in [9.17, 15) is 9.18 Å². The molecule has 0 fully saturated rings. The fourth-order valence-electron chi connectivity index (χ4n) is 2.84. The van der Waals surface area contributed by atoms with Crippen LogP contribution in [0.3, 0.4) is 0 Å². The van der Waals surface area contributed by atoms with Crippen LogP contribution < -0.4 is 4.74 Å². The van der Waals surface area contributed by atoms with Gasteiger partial charge in [-0.25, -0.2) is 9.18 Å². The molecule has 0 atom stereocenters. The maximum atomic E-state index is 13.4. The largest absolute Gasteiger partial charge is 0.423 e. The minimum absolute atomic E-state index is 0.325. The number of rotatable bonds is 2. The maximum Gasteiger partial charge on any atom is 0.345 e. The average molecular weight is 331 g/mol. The van der Waals surface area contributed by atoms with Crippen LogP contribution in [0.5, 0.6) is 5.75 Å². The number of ether oxygens (including phenoxy) is 1. The van der Waals surface area contributed by atoms with E-state index in [2.05, 4.69) is 4.98 Å². The van der Waals surface area contributed by atoms with Crippen molar-refractivity contribution < 1.29 is 13.9 Å². The van der Waals surface area contributed by atoms with Crippen molar-refractivity contribution in [1.82, 2.24) is 4.98 Å². The second kappa shape index (κ2) is 5.98. The van der Waals surface area contributed by atoms with Crippen molar-refractivity contribution >= 4 is 27.6 Å². The normalized spacial score (nSPS) is 11.0. The smallest absolute Gasteiger partial charge is 0.345 e. The second-order valence-electron chi connectivity index (χ2n) is 5.86. The molecule has 0 aliphatic rings. The Hall–Kier alpha value is -3.27. The fourth-order valence-corrected chi connectivity index (χ4v) is 2.84. The molecule has 0 bridgehead atoms. The summed E-state index contributed by atoms with van der Waals surface area (Å²) < 4.78 is 18.9. The van der Waals surface area contributed by atoms with Crippen LogP contribution in [-0.4, -0.2) is 11.0 Å². The van der Waals surface area contributed by atoms with E-state index in [1.54, 1.807) is 25.1 Å². The molecule has 0 radical (unpaired) electrons. The van der Waals surface area contributed by atoms with Gasteiger partial charge in [-0.05, 0) is 54.1 Å². The topological polar surface area (TPSA) is 39.2 Å². The maximum absolute atomic E-state index is 13.4. The molecule has 3 nitrogen and oxygen atoms in total. The van der Waals surface area contributed by atoms with Gasteiger partial charge in [0, 0.05) is 5.39 Å². The molecule has 25 heavy (non-hydrogen) atoms. The van der Waals surface area contributed by atoms with Crippen molar-refractivity contribution in [3.63, 3.8) is 0 Å². The Bertz CT molecular complexity index is 1120. The van der Waals surface area contributed by atoms with Gasteiger partial charge in [-0.1, -0.05) is 30.3 Å². The number of hydrogen-bond donors (Lipinski definition) is 0. The van der Waals surface area contributed by atoms with E-state index in [1.165, 1.54) is 12.1 Å². The molecule has 4 aromatic rings. The number of pyridine rings is 1. The molecule has 0 aliphatic carbocycles. The lowest BCUT2D eigenvalue weighted by atomic mass is 10.1. The summed E-state index contributed by atoms with van der Waals surface area (Å²) in [5.74, 6) is -0.416. The van der Waals surface area contributed by atoms with Gasteiger partial charge in [-0.3, -0.25) is 4.98 Å². The van der Waals surface area contributed by atoms with Crippen LogP contribution in [0.15, 0.2) is 66.7 Å². The Balaban J connectivity index is 1.69. The van der Waals surface area contributed by atoms with Crippen molar-refractivity contribution in [2.24, 2.45) is 0 Å². The molecule has 4 heteroatoms. The number of halogens is 1. The number of benzene rings is 3. The highest BCUT2D eigenvalue weighted by Crippen LogP contribution is 2.23. The van der Waals surface area contributed by atoms with E-state index < -0.39 is 5.97 Å². The third-order valence-corrected chi connectivity index (χ3v) is 4.12. The predicted octanol–water partition coefficient (Wildman–Crippen LogP) is 5.05. The number of nitrogens with zero attached hydrogens (tertiary/aromatic N) is 1. The van der Waals surface area contributed by atoms with Gasteiger partial charge in [0.1, 0.15) is 11.6 Å². The molecule has 0 amide bonds. The summed E-state index contributed by atoms with van der Waals surface area (Å²) in [6, 6.07) is 19.2. The van der Waals surface area contributed by atoms with E-state index in [0.717, 1.165) is 10.8 Å². The lowest BCUT2D eigenvalue weighted by Gasteiger charge is -2.09. The number of carbonyl (C=O) groups excluding carboxylic acids is 1. The number of aryl methyl sites for hydroxylation is 1. The number of carbonyl (C=O) groups is 1. The Morgan fingerprint density at radius 2 is 1.72 bits per heavy atom. The molecule has 0 spiro atoms. The van der Waals surface area contributed by atoms with Crippen LogP contribution >= 0.6 is 0 Å². The Morgan fingerprint density at radius 1 is 0.920 bits per heavy atom. The SMILES string of the molecule is Cc1nc2ccc(F)cc2cc1C(=O)Oc1ccc2ccccc2c1. The Morgan fingerprint density at radius 3 is 2.56 bits per heavy atom. The first-order valence-electron chi connectivity index (χ1n) is 7.88. The summed E-state index contributed by atoms with van der Waals surface area (Å²) in [6.45, 7) is 1.74. The van der Waals surface area contributed by atoms with Crippen molar-refractivity contribution in [2.45, 2.75) is 6.92 Å². The number of aromatic nitrogens is 1. The van der Waals surface area contributed by atoms with Crippen LogP contribution in [-0.2, 0) is 0 Å². The molecule has 0 saturated carbocycles. The first-order chi connectivity index (χ1) is 12.1. The van der Waals surface area contributed by atoms with Gasteiger partial charge >= 0.3 is 5.97 Å². The van der Waals surface area contributed by atoms with Crippen LogP contribution in [0, 0.1) is 12.7 Å². The van der Waals surface area contributed by atoms with Gasteiger partial charge in [-0.2, -0.15) is 0 Å². The van der Waals surface area contributed by atoms with E-state index >= 15 is 0 Å². The molecule has 0 unspecified atom stereocenters. The van der Waals surface area contributed by atoms with Crippen molar-refractivity contribution in [3.8, 4) is 5.75 Å². The highest BCUT2D eigenvalue weighted by atomic mass is 19.1.